The van der Waals surface area contributed by atoms with Gasteiger partial charge in [-0.15, -0.1) is 0 Å². The molecular formula is C19H16FNO4. The summed E-state index contributed by atoms with van der Waals surface area (Å²) in [5.74, 6) is -1.76. The van der Waals surface area contributed by atoms with Gasteiger partial charge < -0.3 is 14.5 Å². The molecule has 0 aliphatic carbocycles. The monoisotopic (exact) mass is 341 g/mol. The molecule has 0 aliphatic heterocycles. The lowest BCUT2D eigenvalue weighted by Gasteiger charge is -2.12. The number of H-pyrrole nitrogens is 1. The SMILES string of the molecule is COc1ccc(C(=O)O[C@@H](C)C(=O)c2c[nH]c3ccccc23)cc1F. The Balaban J connectivity index is 1.77. The maximum Gasteiger partial charge on any atom is 0.338 e. The van der Waals surface area contributed by atoms with Crippen LogP contribution in [0.2, 0.25) is 0 Å². The average Bonchev–Trinajstić information content (AvgIpc) is 3.04. The van der Waals surface area contributed by atoms with E-state index >= 15 is 0 Å². The molecule has 1 N–H and O–H groups in total. The Morgan fingerprint density at radius 1 is 1.16 bits per heavy atom. The van der Waals surface area contributed by atoms with Crippen LogP contribution >= 0.6 is 0 Å². The highest BCUT2D eigenvalue weighted by atomic mass is 19.1. The van der Waals surface area contributed by atoms with E-state index in [2.05, 4.69) is 4.98 Å². The van der Waals surface area contributed by atoms with E-state index in [0.717, 1.165) is 17.0 Å². The average molecular weight is 341 g/mol. The number of carbonyl (C=O) groups is 2. The molecule has 0 amide bonds. The Kier molecular flexibility index (Phi) is 4.52. The number of methoxy groups -OCH3 is 1. The second-order valence-electron chi connectivity index (χ2n) is 5.51. The maximum absolute atomic E-state index is 13.7. The van der Waals surface area contributed by atoms with Gasteiger partial charge in [0.2, 0.25) is 5.78 Å². The molecule has 128 valence electrons. The largest absolute Gasteiger partial charge is 0.494 e. The van der Waals surface area contributed by atoms with E-state index in [9.17, 15) is 14.0 Å². The minimum Gasteiger partial charge on any atom is -0.494 e. The van der Waals surface area contributed by atoms with E-state index in [1.165, 1.54) is 26.2 Å². The number of nitrogens with one attached hydrogen (secondary N) is 1. The summed E-state index contributed by atoms with van der Waals surface area (Å²) in [4.78, 5) is 27.7. The lowest BCUT2D eigenvalue weighted by atomic mass is 10.1. The minimum absolute atomic E-state index is 0.0110. The Morgan fingerprint density at radius 3 is 2.64 bits per heavy atom. The Hall–Kier alpha value is -3.15. The van der Waals surface area contributed by atoms with Gasteiger partial charge in [0.1, 0.15) is 0 Å². The number of carbonyl (C=O) groups excluding carboxylic acids is 2. The standard InChI is InChI=1S/C19H16FNO4/c1-11(18(22)14-10-21-16-6-4-3-5-13(14)16)25-19(23)12-7-8-17(24-2)15(20)9-12/h3-11,21H,1-2H3/t11-/m0/s1. The van der Waals surface area contributed by atoms with Crippen LogP contribution in [0, 0.1) is 5.82 Å². The summed E-state index contributed by atoms with van der Waals surface area (Å²) in [5, 5.41) is 0.755. The van der Waals surface area contributed by atoms with Crippen LogP contribution in [0.15, 0.2) is 48.7 Å². The fourth-order valence-electron chi connectivity index (χ4n) is 2.57. The number of Topliss-reactive ketones (excluding diaryl/α,β-unsaturated/α-hetero) is 1. The zero-order valence-corrected chi connectivity index (χ0v) is 13.7. The van der Waals surface area contributed by atoms with Crippen molar-refractivity contribution in [3.63, 3.8) is 0 Å². The molecule has 5 nitrogen and oxygen atoms in total. The van der Waals surface area contributed by atoms with Crippen LogP contribution in [0.4, 0.5) is 4.39 Å². The summed E-state index contributed by atoms with van der Waals surface area (Å²) in [7, 11) is 1.33. The van der Waals surface area contributed by atoms with E-state index in [1.54, 1.807) is 6.20 Å². The van der Waals surface area contributed by atoms with Crippen molar-refractivity contribution in [1.29, 1.82) is 0 Å². The van der Waals surface area contributed by atoms with E-state index in [0.29, 0.717) is 5.56 Å². The number of aromatic amines is 1. The van der Waals surface area contributed by atoms with Crippen molar-refractivity contribution in [3.8, 4) is 5.75 Å². The molecule has 1 atom stereocenters. The van der Waals surface area contributed by atoms with Gasteiger partial charge >= 0.3 is 5.97 Å². The van der Waals surface area contributed by atoms with Crippen LogP contribution in [0.25, 0.3) is 10.9 Å². The first-order valence-corrected chi connectivity index (χ1v) is 7.66. The number of fused-ring (bicyclic) bond motifs is 1. The Bertz CT molecular complexity index is 948. The summed E-state index contributed by atoms with van der Waals surface area (Å²) in [6.45, 7) is 1.49. The first-order chi connectivity index (χ1) is 12.0. The molecule has 0 fully saturated rings. The summed E-state index contributed by atoms with van der Waals surface area (Å²) in [6, 6.07) is 11.1. The third-order valence-corrected chi connectivity index (χ3v) is 3.90. The highest BCUT2D eigenvalue weighted by Gasteiger charge is 2.23. The smallest absolute Gasteiger partial charge is 0.338 e. The van der Waals surface area contributed by atoms with Crippen LogP contribution in [0.3, 0.4) is 0 Å². The first kappa shape index (κ1) is 16.7. The molecule has 0 spiro atoms. The highest BCUT2D eigenvalue weighted by Crippen LogP contribution is 2.21. The van der Waals surface area contributed by atoms with Crippen molar-refractivity contribution >= 4 is 22.7 Å². The molecule has 0 unspecified atom stereocenters. The predicted octanol–water partition coefficient (Wildman–Crippen LogP) is 3.74. The number of benzene rings is 2. The third-order valence-electron chi connectivity index (χ3n) is 3.90. The molecule has 0 saturated heterocycles. The van der Waals surface area contributed by atoms with Crippen LogP contribution in [-0.4, -0.2) is 30.0 Å². The van der Waals surface area contributed by atoms with Gasteiger partial charge in [0.25, 0.3) is 0 Å². The quantitative estimate of drug-likeness (QED) is 0.567. The number of halogens is 1. The van der Waals surface area contributed by atoms with Gasteiger partial charge in [-0.2, -0.15) is 0 Å². The fraction of sp³-hybridized carbons (Fsp3) is 0.158. The molecule has 25 heavy (non-hydrogen) atoms. The van der Waals surface area contributed by atoms with Gasteiger partial charge in [-0.25, -0.2) is 9.18 Å². The lowest BCUT2D eigenvalue weighted by molar-refractivity contribution is 0.0319. The third kappa shape index (κ3) is 3.24. The molecule has 3 rings (SSSR count). The summed E-state index contributed by atoms with van der Waals surface area (Å²) in [5.41, 5.74) is 1.27. The van der Waals surface area contributed by atoms with Crippen LogP contribution in [0.1, 0.15) is 27.6 Å². The molecule has 0 aliphatic rings. The van der Waals surface area contributed by atoms with E-state index in [-0.39, 0.29) is 17.1 Å². The van der Waals surface area contributed by atoms with Gasteiger partial charge in [0.05, 0.1) is 12.7 Å². The van der Waals surface area contributed by atoms with Crippen LogP contribution in [0.5, 0.6) is 5.75 Å². The van der Waals surface area contributed by atoms with Gasteiger partial charge in [-0.05, 0) is 31.2 Å². The molecule has 1 heterocycles. The lowest BCUT2D eigenvalue weighted by Crippen LogP contribution is -2.24. The number of ether oxygens (including phenoxy) is 2. The minimum atomic E-state index is -1.00. The van der Waals surface area contributed by atoms with Crippen molar-refractivity contribution in [1.82, 2.24) is 4.98 Å². The number of esters is 1. The summed E-state index contributed by atoms with van der Waals surface area (Å²) < 4.78 is 23.7. The molecule has 1 aromatic heterocycles. The summed E-state index contributed by atoms with van der Waals surface area (Å²) in [6.07, 6.45) is 0.585. The zero-order chi connectivity index (χ0) is 18.0. The number of ketones is 1. The number of hydrogen-bond donors (Lipinski definition) is 1. The van der Waals surface area contributed by atoms with E-state index in [1.807, 2.05) is 24.3 Å². The normalized spacial score (nSPS) is 12.0. The predicted molar refractivity (Wildman–Crippen MR) is 90.5 cm³/mol. The molecule has 0 bridgehead atoms. The van der Waals surface area contributed by atoms with Crippen molar-refractivity contribution in [2.75, 3.05) is 7.11 Å². The second-order valence-corrected chi connectivity index (χ2v) is 5.51. The molecule has 0 saturated carbocycles. The number of para-hydroxylation sites is 1. The molecule has 2 aromatic carbocycles. The zero-order valence-electron chi connectivity index (χ0n) is 13.7. The van der Waals surface area contributed by atoms with Crippen molar-refractivity contribution in [2.45, 2.75) is 13.0 Å². The molecular weight excluding hydrogens is 325 g/mol. The van der Waals surface area contributed by atoms with Gasteiger partial charge in [-0.3, -0.25) is 4.79 Å². The van der Waals surface area contributed by atoms with E-state index < -0.39 is 17.9 Å². The maximum atomic E-state index is 13.7. The topological polar surface area (TPSA) is 68.4 Å². The molecule has 3 aromatic rings. The highest BCUT2D eigenvalue weighted by molar-refractivity contribution is 6.10. The fourth-order valence-corrected chi connectivity index (χ4v) is 2.57. The van der Waals surface area contributed by atoms with Crippen molar-refractivity contribution in [3.05, 3.63) is 65.6 Å². The number of aromatic nitrogens is 1. The van der Waals surface area contributed by atoms with Gasteiger partial charge in [0, 0.05) is 22.7 Å². The second kappa shape index (κ2) is 6.76. The molecule has 6 heteroatoms. The molecule has 0 radical (unpaired) electrons. The Morgan fingerprint density at radius 2 is 1.92 bits per heavy atom. The van der Waals surface area contributed by atoms with Gasteiger partial charge in [0.15, 0.2) is 17.7 Å². The number of rotatable bonds is 5. The van der Waals surface area contributed by atoms with E-state index in [4.69, 9.17) is 9.47 Å². The van der Waals surface area contributed by atoms with Crippen LogP contribution < -0.4 is 4.74 Å². The van der Waals surface area contributed by atoms with Crippen molar-refractivity contribution in [2.24, 2.45) is 0 Å². The van der Waals surface area contributed by atoms with Crippen LogP contribution in [-0.2, 0) is 4.74 Å². The number of hydrogen-bond acceptors (Lipinski definition) is 4. The van der Waals surface area contributed by atoms with Gasteiger partial charge in [-0.1, -0.05) is 18.2 Å². The first-order valence-electron chi connectivity index (χ1n) is 7.66. The van der Waals surface area contributed by atoms with Crippen molar-refractivity contribution < 1.29 is 23.5 Å². The Labute approximate surface area is 143 Å². The summed E-state index contributed by atoms with van der Waals surface area (Å²) >= 11 is 0.